The molecular weight excluding hydrogens is 340 g/mol. The fourth-order valence-corrected chi connectivity index (χ4v) is 3.05. The van der Waals surface area contributed by atoms with Crippen molar-refractivity contribution in [2.45, 2.75) is 20.3 Å². The average molecular weight is 360 g/mol. The van der Waals surface area contributed by atoms with E-state index in [4.69, 9.17) is 4.42 Å². The third kappa shape index (κ3) is 3.75. The summed E-state index contributed by atoms with van der Waals surface area (Å²) in [5, 5.41) is 10.8. The highest BCUT2D eigenvalue weighted by Gasteiger charge is 2.19. The van der Waals surface area contributed by atoms with Gasteiger partial charge in [0.1, 0.15) is 11.3 Å². The van der Waals surface area contributed by atoms with Crippen LogP contribution in [0.15, 0.2) is 69.9 Å². The van der Waals surface area contributed by atoms with Crippen LogP contribution in [0.1, 0.15) is 34.0 Å². The Kier molecular flexibility index (Phi) is 5.36. The van der Waals surface area contributed by atoms with Crippen LogP contribution in [0.4, 0.5) is 0 Å². The predicted molar refractivity (Wildman–Crippen MR) is 107 cm³/mol. The monoisotopic (exact) mass is 360 g/mol. The van der Waals surface area contributed by atoms with E-state index < -0.39 is 11.4 Å². The lowest BCUT2D eigenvalue weighted by Crippen LogP contribution is -2.10. The van der Waals surface area contributed by atoms with E-state index in [1.54, 1.807) is 18.2 Å². The first kappa shape index (κ1) is 18.4. The Morgan fingerprint density at radius 3 is 2.56 bits per heavy atom. The molecule has 1 N–H and O–H groups in total. The zero-order valence-corrected chi connectivity index (χ0v) is 15.2. The largest absolute Gasteiger partial charge is 0.507 e. The zero-order valence-electron chi connectivity index (χ0n) is 15.2. The van der Waals surface area contributed by atoms with E-state index in [0.29, 0.717) is 17.4 Å². The summed E-state index contributed by atoms with van der Waals surface area (Å²) >= 11 is 0. The van der Waals surface area contributed by atoms with Gasteiger partial charge in [-0.25, -0.2) is 4.79 Å². The molecule has 4 nitrogen and oxygen atoms in total. The van der Waals surface area contributed by atoms with Gasteiger partial charge in [-0.2, -0.15) is 0 Å². The van der Waals surface area contributed by atoms with E-state index in [1.165, 1.54) is 12.1 Å². The first-order chi connectivity index (χ1) is 13.0. The van der Waals surface area contributed by atoms with E-state index in [-0.39, 0.29) is 16.9 Å². The van der Waals surface area contributed by atoms with Crippen molar-refractivity contribution in [3.8, 4) is 5.75 Å². The number of aromatic hydroxyl groups is 1. The molecule has 2 aromatic carbocycles. The number of ketones is 1. The van der Waals surface area contributed by atoms with Gasteiger partial charge in [0.2, 0.25) is 0 Å². The van der Waals surface area contributed by atoms with Gasteiger partial charge < -0.3 is 9.52 Å². The van der Waals surface area contributed by atoms with Crippen LogP contribution < -0.4 is 5.63 Å². The molecule has 3 aromatic rings. The predicted octanol–water partition coefficient (Wildman–Crippen LogP) is 4.82. The van der Waals surface area contributed by atoms with E-state index >= 15 is 0 Å². The molecule has 0 aliphatic rings. The molecule has 136 valence electrons. The van der Waals surface area contributed by atoms with Crippen LogP contribution in [0.25, 0.3) is 17.0 Å². The number of carbonyl (C=O) groups excluding carboxylic acids is 1. The second kappa shape index (κ2) is 7.87. The Hall–Kier alpha value is -3.40. The fourth-order valence-electron chi connectivity index (χ4n) is 3.05. The summed E-state index contributed by atoms with van der Waals surface area (Å²) in [6.45, 7) is 3.70. The maximum Gasteiger partial charge on any atom is 0.339 e. The van der Waals surface area contributed by atoms with E-state index in [2.05, 4.69) is 0 Å². The number of hydrogen-bond acceptors (Lipinski definition) is 4. The average Bonchev–Trinajstić information content (AvgIpc) is 2.66. The molecule has 0 amide bonds. The Bertz CT molecular complexity index is 1100. The Morgan fingerprint density at radius 1 is 1.11 bits per heavy atom. The van der Waals surface area contributed by atoms with Gasteiger partial charge in [-0.3, -0.25) is 4.79 Å². The second-order valence-corrected chi connectivity index (χ2v) is 6.18. The third-order valence-corrected chi connectivity index (χ3v) is 4.48. The molecule has 27 heavy (non-hydrogen) atoms. The number of fused-ring (bicyclic) bond motifs is 1. The van der Waals surface area contributed by atoms with E-state index in [1.807, 2.05) is 50.3 Å². The van der Waals surface area contributed by atoms with Gasteiger partial charge in [0, 0.05) is 10.9 Å². The minimum Gasteiger partial charge on any atom is -0.507 e. The molecule has 1 heterocycles. The lowest BCUT2D eigenvalue weighted by Gasteiger charge is -2.09. The summed E-state index contributed by atoms with van der Waals surface area (Å²) < 4.78 is 5.38. The van der Waals surface area contributed by atoms with Crippen LogP contribution in [-0.4, -0.2) is 10.9 Å². The summed E-state index contributed by atoms with van der Waals surface area (Å²) in [4.78, 5) is 24.8. The number of aryl methyl sites for hydroxylation is 1. The first-order valence-electron chi connectivity index (χ1n) is 8.75. The van der Waals surface area contributed by atoms with E-state index in [0.717, 1.165) is 11.1 Å². The zero-order chi connectivity index (χ0) is 19.4. The lowest BCUT2D eigenvalue weighted by atomic mass is 9.99. The van der Waals surface area contributed by atoms with Crippen molar-refractivity contribution in [2.24, 2.45) is 0 Å². The van der Waals surface area contributed by atoms with Crippen molar-refractivity contribution < 1.29 is 14.3 Å². The number of benzene rings is 2. The SMILES string of the molecule is CCc1c(C)c2ccc(O)c(C(=O)/C=C/C=C/c3ccccc3)c2oc1=O. The van der Waals surface area contributed by atoms with Gasteiger partial charge in [0.05, 0.1) is 0 Å². The van der Waals surface area contributed by atoms with Gasteiger partial charge >= 0.3 is 5.63 Å². The Balaban J connectivity index is 1.99. The maximum atomic E-state index is 12.6. The molecule has 0 saturated heterocycles. The van der Waals surface area contributed by atoms with Crippen LogP contribution >= 0.6 is 0 Å². The fraction of sp³-hybridized carbons (Fsp3) is 0.130. The van der Waals surface area contributed by atoms with Crippen LogP contribution in [0, 0.1) is 6.92 Å². The van der Waals surface area contributed by atoms with Crippen LogP contribution in [-0.2, 0) is 6.42 Å². The molecule has 0 spiro atoms. The number of phenolic OH excluding ortho intramolecular Hbond substituents is 1. The van der Waals surface area contributed by atoms with Gasteiger partial charge in [0.15, 0.2) is 11.4 Å². The summed E-state index contributed by atoms with van der Waals surface area (Å²) in [7, 11) is 0. The van der Waals surface area contributed by atoms with Crippen molar-refractivity contribution in [1.29, 1.82) is 0 Å². The van der Waals surface area contributed by atoms with Gasteiger partial charge in [0.25, 0.3) is 0 Å². The Morgan fingerprint density at radius 2 is 1.85 bits per heavy atom. The smallest absolute Gasteiger partial charge is 0.339 e. The maximum absolute atomic E-state index is 12.6. The van der Waals surface area contributed by atoms with E-state index in [9.17, 15) is 14.7 Å². The molecule has 0 atom stereocenters. The number of carbonyl (C=O) groups is 1. The topological polar surface area (TPSA) is 67.5 Å². The summed E-state index contributed by atoms with van der Waals surface area (Å²) in [6, 6.07) is 12.8. The summed E-state index contributed by atoms with van der Waals surface area (Å²) in [6.07, 6.45) is 7.09. The molecule has 0 aliphatic carbocycles. The third-order valence-electron chi connectivity index (χ3n) is 4.48. The molecule has 0 unspecified atom stereocenters. The molecular formula is C23H20O4. The molecule has 1 aromatic heterocycles. The lowest BCUT2D eigenvalue weighted by molar-refractivity contribution is 0.104. The number of rotatable bonds is 5. The number of phenols is 1. The molecule has 3 rings (SSSR count). The van der Waals surface area contributed by atoms with Crippen molar-refractivity contribution in [3.05, 3.63) is 93.4 Å². The van der Waals surface area contributed by atoms with Crippen LogP contribution in [0.2, 0.25) is 0 Å². The highest BCUT2D eigenvalue weighted by atomic mass is 16.4. The number of allylic oxidation sites excluding steroid dienone is 3. The van der Waals surface area contributed by atoms with Crippen molar-refractivity contribution in [3.63, 3.8) is 0 Å². The van der Waals surface area contributed by atoms with Crippen molar-refractivity contribution in [1.82, 2.24) is 0 Å². The Labute approximate surface area is 157 Å². The highest BCUT2D eigenvalue weighted by Crippen LogP contribution is 2.30. The quantitative estimate of drug-likeness (QED) is 0.306. The van der Waals surface area contributed by atoms with Crippen molar-refractivity contribution >= 4 is 22.8 Å². The molecule has 4 heteroatoms. The standard InChI is InChI=1S/C23H20O4/c1-3-17-15(2)18-13-14-20(25)21(22(18)27-23(17)26)19(24)12-8-7-11-16-9-5-4-6-10-16/h4-14,25H,3H2,1-2H3/b11-7+,12-8+. The van der Waals surface area contributed by atoms with Crippen LogP contribution in [0.3, 0.4) is 0 Å². The minimum atomic E-state index is -0.477. The molecule has 0 saturated carbocycles. The summed E-state index contributed by atoms with van der Waals surface area (Å²) in [5.41, 5.74) is 2.00. The molecule has 0 fully saturated rings. The highest BCUT2D eigenvalue weighted by molar-refractivity contribution is 6.14. The first-order valence-corrected chi connectivity index (χ1v) is 8.75. The second-order valence-electron chi connectivity index (χ2n) is 6.18. The van der Waals surface area contributed by atoms with Gasteiger partial charge in [-0.1, -0.05) is 55.5 Å². The molecule has 0 aliphatic heterocycles. The number of hydrogen-bond donors (Lipinski definition) is 1. The van der Waals surface area contributed by atoms with Crippen LogP contribution in [0.5, 0.6) is 5.75 Å². The van der Waals surface area contributed by atoms with Gasteiger partial charge in [-0.05, 0) is 42.7 Å². The molecule has 0 radical (unpaired) electrons. The summed E-state index contributed by atoms with van der Waals surface area (Å²) in [5.74, 6) is -0.640. The minimum absolute atomic E-state index is 0.000265. The van der Waals surface area contributed by atoms with Crippen molar-refractivity contribution in [2.75, 3.05) is 0 Å². The van der Waals surface area contributed by atoms with Gasteiger partial charge in [-0.15, -0.1) is 0 Å². The molecule has 0 bridgehead atoms. The normalized spacial score (nSPS) is 11.6.